The lowest BCUT2D eigenvalue weighted by Crippen LogP contribution is -2.27. The van der Waals surface area contributed by atoms with Crippen molar-refractivity contribution < 1.29 is 19.4 Å². The van der Waals surface area contributed by atoms with Gasteiger partial charge < -0.3 is 14.6 Å². The van der Waals surface area contributed by atoms with Crippen molar-refractivity contribution in [2.45, 2.75) is 174 Å². The van der Waals surface area contributed by atoms with Gasteiger partial charge in [-0.25, -0.2) is 0 Å². The van der Waals surface area contributed by atoms with Crippen LogP contribution >= 0.6 is 0 Å². The zero-order valence-electron chi connectivity index (χ0n) is 23.8. The van der Waals surface area contributed by atoms with Gasteiger partial charge in [-0.2, -0.15) is 0 Å². The van der Waals surface area contributed by atoms with Crippen LogP contribution in [0.3, 0.4) is 0 Å². The Hall–Kier alpha value is -0.610. The Balaban J connectivity index is 3.40. The van der Waals surface area contributed by atoms with Gasteiger partial charge in [-0.15, -0.1) is 0 Å². The Morgan fingerprint density at radius 2 is 0.943 bits per heavy atom. The first-order valence-corrected chi connectivity index (χ1v) is 15.6. The van der Waals surface area contributed by atoms with Crippen molar-refractivity contribution in [3.8, 4) is 0 Å². The summed E-state index contributed by atoms with van der Waals surface area (Å²) in [6, 6.07) is 0. The van der Waals surface area contributed by atoms with E-state index in [0.717, 1.165) is 19.3 Å². The normalized spacial score (nSPS) is 12.2. The Morgan fingerprint density at radius 3 is 1.34 bits per heavy atom. The van der Waals surface area contributed by atoms with Gasteiger partial charge in [-0.1, -0.05) is 149 Å². The number of hydrogen-bond acceptors (Lipinski definition) is 4. The molecule has 0 saturated heterocycles. The molecule has 0 aliphatic rings. The van der Waals surface area contributed by atoms with Gasteiger partial charge in [0, 0.05) is 13.0 Å². The molecule has 0 radical (unpaired) electrons. The molecule has 35 heavy (non-hydrogen) atoms. The van der Waals surface area contributed by atoms with Crippen molar-refractivity contribution in [2.75, 3.05) is 19.8 Å². The zero-order chi connectivity index (χ0) is 25.7. The van der Waals surface area contributed by atoms with E-state index < -0.39 is 6.10 Å². The van der Waals surface area contributed by atoms with E-state index in [1.807, 2.05) is 0 Å². The molecular formula is C31H62O4. The average molecular weight is 499 g/mol. The fraction of sp³-hybridized carbons (Fsp3) is 0.968. The van der Waals surface area contributed by atoms with E-state index in [1.165, 1.54) is 128 Å². The molecule has 0 amide bonds. The first-order chi connectivity index (χ1) is 17.2. The van der Waals surface area contributed by atoms with Crippen molar-refractivity contribution >= 4 is 5.97 Å². The number of aliphatic hydroxyl groups is 1. The Labute approximate surface area is 219 Å². The van der Waals surface area contributed by atoms with Gasteiger partial charge in [0.2, 0.25) is 0 Å². The van der Waals surface area contributed by atoms with Crippen LogP contribution in [0.5, 0.6) is 0 Å². The number of hydrogen-bond donors (Lipinski definition) is 1. The van der Waals surface area contributed by atoms with E-state index >= 15 is 0 Å². The van der Waals surface area contributed by atoms with E-state index in [4.69, 9.17) is 9.47 Å². The van der Waals surface area contributed by atoms with Crippen molar-refractivity contribution in [3.63, 3.8) is 0 Å². The third-order valence-corrected chi connectivity index (χ3v) is 6.93. The maximum atomic E-state index is 12.0. The molecule has 0 saturated carbocycles. The molecule has 210 valence electrons. The number of carbonyl (C=O) groups is 1. The minimum atomic E-state index is -0.521. The number of esters is 1. The molecule has 0 spiro atoms. The van der Waals surface area contributed by atoms with E-state index in [-0.39, 0.29) is 12.6 Å². The van der Waals surface area contributed by atoms with Crippen molar-refractivity contribution in [1.82, 2.24) is 0 Å². The minimum Gasteiger partial charge on any atom is -0.457 e. The van der Waals surface area contributed by atoms with Crippen LogP contribution in [0.25, 0.3) is 0 Å². The number of ether oxygens (including phenoxy) is 2. The molecule has 1 atom stereocenters. The minimum absolute atomic E-state index is 0.164. The Kier molecular flexibility index (Phi) is 29.1. The lowest BCUT2D eigenvalue weighted by Gasteiger charge is -2.16. The van der Waals surface area contributed by atoms with E-state index in [0.29, 0.717) is 19.6 Å². The molecule has 1 unspecified atom stereocenters. The molecule has 4 heteroatoms. The number of aliphatic hydroxyl groups excluding tert-OH is 1. The quantitative estimate of drug-likeness (QED) is 0.0824. The number of carbonyl (C=O) groups excluding carboxylic acids is 1. The van der Waals surface area contributed by atoms with Gasteiger partial charge >= 0.3 is 5.97 Å². The van der Waals surface area contributed by atoms with Gasteiger partial charge in [-0.3, -0.25) is 4.79 Å². The molecule has 0 aromatic rings. The molecule has 0 aliphatic carbocycles. The predicted molar refractivity (Wildman–Crippen MR) is 150 cm³/mol. The first kappa shape index (κ1) is 34.4. The number of rotatable bonds is 29. The molecule has 1 N–H and O–H groups in total. The molecule has 4 nitrogen and oxygen atoms in total. The highest BCUT2D eigenvalue weighted by Gasteiger charge is 2.13. The predicted octanol–water partition coefficient (Wildman–Crippen LogP) is 9.31. The second-order valence-electron chi connectivity index (χ2n) is 10.5. The van der Waals surface area contributed by atoms with Crippen LogP contribution in [0.15, 0.2) is 0 Å². The third kappa shape index (κ3) is 27.8. The SMILES string of the molecule is CCCCCCCCCCCCCCCOCC(CO)OC(=O)CCCCCCCCCCCC. The van der Waals surface area contributed by atoms with Crippen LogP contribution in [0.1, 0.15) is 168 Å². The second-order valence-corrected chi connectivity index (χ2v) is 10.5. The summed E-state index contributed by atoms with van der Waals surface area (Å²) in [5, 5.41) is 9.48. The van der Waals surface area contributed by atoms with Gasteiger partial charge in [0.15, 0.2) is 0 Å². The van der Waals surface area contributed by atoms with Crippen molar-refractivity contribution in [3.05, 3.63) is 0 Å². The van der Waals surface area contributed by atoms with Crippen LogP contribution in [0, 0.1) is 0 Å². The van der Waals surface area contributed by atoms with Crippen LogP contribution in [0.2, 0.25) is 0 Å². The maximum Gasteiger partial charge on any atom is 0.306 e. The summed E-state index contributed by atoms with van der Waals surface area (Å²) in [7, 11) is 0. The average Bonchev–Trinajstić information content (AvgIpc) is 2.86. The molecule has 0 fully saturated rings. The topological polar surface area (TPSA) is 55.8 Å². The molecule has 0 rings (SSSR count). The maximum absolute atomic E-state index is 12.0. The lowest BCUT2D eigenvalue weighted by atomic mass is 10.0. The molecule has 0 bridgehead atoms. The van der Waals surface area contributed by atoms with Crippen LogP contribution in [-0.4, -0.2) is 37.0 Å². The Bertz CT molecular complexity index is 413. The second kappa shape index (κ2) is 29.6. The molecule has 0 aromatic heterocycles. The highest BCUT2D eigenvalue weighted by molar-refractivity contribution is 5.69. The van der Waals surface area contributed by atoms with Crippen molar-refractivity contribution in [2.24, 2.45) is 0 Å². The lowest BCUT2D eigenvalue weighted by molar-refractivity contribution is -0.154. The number of unbranched alkanes of at least 4 members (excludes halogenated alkanes) is 21. The van der Waals surface area contributed by atoms with Crippen LogP contribution in [-0.2, 0) is 14.3 Å². The largest absolute Gasteiger partial charge is 0.457 e. The summed E-state index contributed by atoms with van der Waals surface area (Å²) in [5.41, 5.74) is 0. The summed E-state index contributed by atoms with van der Waals surface area (Å²) < 4.78 is 11.0. The van der Waals surface area contributed by atoms with Crippen LogP contribution < -0.4 is 0 Å². The molecular weight excluding hydrogens is 436 g/mol. The fourth-order valence-corrected chi connectivity index (χ4v) is 4.56. The third-order valence-electron chi connectivity index (χ3n) is 6.93. The molecule has 0 aromatic carbocycles. The molecule has 0 aliphatic heterocycles. The standard InChI is InChI=1S/C31H62O4/c1-3-5-7-9-11-13-15-16-17-19-21-23-25-27-34-29-30(28-32)35-31(33)26-24-22-20-18-14-12-10-8-6-4-2/h30,32H,3-29H2,1-2H3. The van der Waals surface area contributed by atoms with Gasteiger partial charge in [0.05, 0.1) is 13.2 Å². The van der Waals surface area contributed by atoms with Crippen molar-refractivity contribution in [1.29, 1.82) is 0 Å². The highest BCUT2D eigenvalue weighted by atomic mass is 16.6. The summed E-state index contributed by atoms with van der Waals surface area (Å²) in [5.74, 6) is -0.201. The summed E-state index contributed by atoms with van der Waals surface area (Å²) >= 11 is 0. The van der Waals surface area contributed by atoms with E-state index in [9.17, 15) is 9.90 Å². The summed E-state index contributed by atoms with van der Waals surface area (Å²) in [6.07, 6.45) is 29.8. The fourth-order valence-electron chi connectivity index (χ4n) is 4.56. The van der Waals surface area contributed by atoms with Crippen LogP contribution in [0.4, 0.5) is 0 Å². The first-order valence-electron chi connectivity index (χ1n) is 15.6. The van der Waals surface area contributed by atoms with Gasteiger partial charge in [0.25, 0.3) is 0 Å². The van der Waals surface area contributed by atoms with Gasteiger partial charge in [-0.05, 0) is 12.8 Å². The molecule has 0 heterocycles. The van der Waals surface area contributed by atoms with E-state index in [2.05, 4.69) is 13.8 Å². The summed E-state index contributed by atoms with van der Waals surface area (Å²) in [4.78, 5) is 12.0. The monoisotopic (exact) mass is 498 g/mol. The van der Waals surface area contributed by atoms with Gasteiger partial charge in [0.1, 0.15) is 6.10 Å². The Morgan fingerprint density at radius 1 is 0.571 bits per heavy atom. The zero-order valence-corrected chi connectivity index (χ0v) is 23.8. The highest BCUT2D eigenvalue weighted by Crippen LogP contribution is 2.13. The summed E-state index contributed by atoms with van der Waals surface area (Å²) in [6.45, 7) is 5.35. The van der Waals surface area contributed by atoms with E-state index in [1.54, 1.807) is 0 Å². The smallest absolute Gasteiger partial charge is 0.306 e.